The first kappa shape index (κ1) is 16.2. The first-order chi connectivity index (χ1) is 10.8. The summed E-state index contributed by atoms with van der Waals surface area (Å²) in [6.07, 6.45) is 1.14. The lowest BCUT2D eigenvalue weighted by Crippen LogP contribution is -2.14. The minimum Gasteiger partial charge on any atom is -0.377 e. The fourth-order valence-electron chi connectivity index (χ4n) is 2.13. The minimum absolute atomic E-state index is 0.00999. The van der Waals surface area contributed by atoms with Crippen molar-refractivity contribution in [1.29, 1.82) is 0 Å². The van der Waals surface area contributed by atoms with Crippen LogP contribution in [0.25, 0.3) is 0 Å². The molecular formula is C18H22N2O2. The minimum atomic E-state index is -0.00999. The number of amides is 1. The molecule has 0 spiro atoms. The first-order valence-electron chi connectivity index (χ1n) is 7.49. The lowest BCUT2D eigenvalue weighted by atomic mass is 10.1. The summed E-state index contributed by atoms with van der Waals surface area (Å²) in [7, 11) is 0. The zero-order valence-corrected chi connectivity index (χ0v) is 12.6. The van der Waals surface area contributed by atoms with Crippen molar-refractivity contribution in [2.45, 2.75) is 26.0 Å². The number of carbonyl (C=O) groups is 1. The SMILES string of the molecule is NCc1ccccc1NC(=O)CCCOCc1ccccc1. The van der Waals surface area contributed by atoms with E-state index in [1.165, 1.54) is 0 Å². The molecule has 2 aromatic carbocycles. The summed E-state index contributed by atoms with van der Waals surface area (Å²) in [6.45, 7) is 1.57. The third-order valence-electron chi connectivity index (χ3n) is 3.32. The van der Waals surface area contributed by atoms with Crippen LogP contribution in [0.2, 0.25) is 0 Å². The molecule has 22 heavy (non-hydrogen) atoms. The van der Waals surface area contributed by atoms with Gasteiger partial charge in [0.05, 0.1) is 6.61 Å². The molecule has 4 heteroatoms. The number of anilines is 1. The van der Waals surface area contributed by atoms with Crippen LogP contribution in [0.1, 0.15) is 24.0 Å². The Morgan fingerprint density at radius 3 is 2.55 bits per heavy atom. The Morgan fingerprint density at radius 2 is 1.77 bits per heavy atom. The Hall–Kier alpha value is -2.17. The molecule has 0 saturated carbocycles. The smallest absolute Gasteiger partial charge is 0.224 e. The highest BCUT2D eigenvalue weighted by atomic mass is 16.5. The second-order valence-corrected chi connectivity index (χ2v) is 5.05. The van der Waals surface area contributed by atoms with Crippen LogP contribution in [-0.2, 0) is 22.7 Å². The second-order valence-electron chi connectivity index (χ2n) is 5.05. The van der Waals surface area contributed by atoms with Gasteiger partial charge in [0.2, 0.25) is 5.91 Å². The van der Waals surface area contributed by atoms with E-state index < -0.39 is 0 Å². The normalized spacial score (nSPS) is 10.4. The van der Waals surface area contributed by atoms with Gasteiger partial charge in [0.1, 0.15) is 0 Å². The predicted octanol–water partition coefficient (Wildman–Crippen LogP) is 3.08. The highest BCUT2D eigenvalue weighted by molar-refractivity contribution is 5.91. The molecule has 2 aromatic rings. The number of nitrogens with two attached hydrogens (primary N) is 1. The van der Waals surface area contributed by atoms with Crippen molar-refractivity contribution < 1.29 is 9.53 Å². The largest absolute Gasteiger partial charge is 0.377 e. The molecule has 0 atom stereocenters. The van der Waals surface area contributed by atoms with Crippen molar-refractivity contribution in [3.05, 3.63) is 65.7 Å². The van der Waals surface area contributed by atoms with E-state index in [4.69, 9.17) is 10.5 Å². The molecule has 0 aliphatic rings. The van der Waals surface area contributed by atoms with Crippen molar-refractivity contribution in [2.24, 2.45) is 5.73 Å². The van der Waals surface area contributed by atoms with Crippen molar-refractivity contribution in [1.82, 2.24) is 0 Å². The standard InChI is InChI=1S/C18H22N2O2/c19-13-16-9-4-5-10-17(16)20-18(21)11-6-12-22-14-15-7-2-1-3-8-15/h1-5,7-10H,6,11-14,19H2,(H,20,21). The van der Waals surface area contributed by atoms with Gasteiger partial charge in [-0.15, -0.1) is 0 Å². The van der Waals surface area contributed by atoms with E-state index >= 15 is 0 Å². The van der Waals surface area contributed by atoms with Gasteiger partial charge in [-0.25, -0.2) is 0 Å². The number of hydrogen-bond acceptors (Lipinski definition) is 3. The van der Waals surface area contributed by atoms with E-state index in [0.717, 1.165) is 16.8 Å². The lowest BCUT2D eigenvalue weighted by Gasteiger charge is -2.09. The average Bonchev–Trinajstić information content (AvgIpc) is 2.56. The molecule has 0 aromatic heterocycles. The van der Waals surface area contributed by atoms with Gasteiger partial charge in [-0.3, -0.25) is 4.79 Å². The summed E-state index contributed by atoms with van der Waals surface area (Å²) in [4.78, 5) is 11.9. The van der Waals surface area contributed by atoms with Gasteiger partial charge in [-0.2, -0.15) is 0 Å². The molecule has 0 radical (unpaired) electrons. The highest BCUT2D eigenvalue weighted by Gasteiger charge is 2.05. The van der Waals surface area contributed by atoms with Gasteiger partial charge < -0.3 is 15.8 Å². The number of hydrogen-bond donors (Lipinski definition) is 2. The fourth-order valence-corrected chi connectivity index (χ4v) is 2.13. The zero-order chi connectivity index (χ0) is 15.6. The molecule has 0 aliphatic carbocycles. The van der Waals surface area contributed by atoms with Crippen LogP contribution in [0.5, 0.6) is 0 Å². The predicted molar refractivity (Wildman–Crippen MR) is 88.3 cm³/mol. The van der Waals surface area contributed by atoms with E-state index in [0.29, 0.717) is 32.6 Å². The highest BCUT2D eigenvalue weighted by Crippen LogP contribution is 2.14. The van der Waals surface area contributed by atoms with Crippen LogP contribution in [0.3, 0.4) is 0 Å². The molecule has 4 nitrogen and oxygen atoms in total. The Labute approximate surface area is 131 Å². The summed E-state index contributed by atoms with van der Waals surface area (Å²) >= 11 is 0. The van der Waals surface area contributed by atoms with E-state index in [1.54, 1.807) is 0 Å². The maximum atomic E-state index is 11.9. The number of para-hydroxylation sites is 1. The monoisotopic (exact) mass is 298 g/mol. The third-order valence-corrected chi connectivity index (χ3v) is 3.32. The summed E-state index contributed by atoms with van der Waals surface area (Å²) in [5.41, 5.74) is 8.53. The van der Waals surface area contributed by atoms with E-state index in [-0.39, 0.29) is 5.91 Å². The summed E-state index contributed by atoms with van der Waals surface area (Å²) in [5.74, 6) is -0.00999. The molecule has 0 fully saturated rings. The van der Waals surface area contributed by atoms with Gasteiger partial charge >= 0.3 is 0 Å². The third kappa shape index (κ3) is 5.31. The Morgan fingerprint density at radius 1 is 1.05 bits per heavy atom. The quantitative estimate of drug-likeness (QED) is 0.736. The summed E-state index contributed by atoms with van der Waals surface area (Å²) in [6, 6.07) is 17.6. The summed E-state index contributed by atoms with van der Waals surface area (Å²) in [5, 5.41) is 2.90. The number of ether oxygens (including phenoxy) is 1. The van der Waals surface area contributed by atoms with Crippen LogP contribution in [0.4, 0.5) is 5.69 Å². The number of nitrogens with one attached hydrogen (secondary N) is 1. The number of benzene rings is 2. The number of rotatable bonds is 8. The average molecular weight is 298 g/mol. The molecule has 0 bridgehead atoms. The maximum absolute atomic E-state index is 11.9. The molecule has 0 unspecified atom stereocenters. The maximum Gasteiger partial charge on any atom is 0.224 e. The molecule has 0 saturated heterocycles. The van der Waals surface area contributed by atoms with Crippen LogP contribution in [0, 0.1) is 0 Å². The van der Waals surface area contributed by atoms with Crippen LogP contribution in [0.15, 0.2) is 54.6 Å². The lowest BCUT2D eigenvalue weighted by molar-refractivity contribution is -0.116. The summed E-state index contributed by atoms with van der Waals surface area (Å²) < 4.78 is 5.57. The van der Waals surface area contributed by atoms with Crippen molar-refractivity contribution >= 4 is 11.6 Å². The molecular weight excluding hydrogens is 276 g/mol. The van der Waals surface area contributed by atoms with Crippen molar-refractivity contribution in [3.63, 3.8) is 0 Å². The first-order valence-corrected chi connectivity index (χ1v) is 7.49. The van der Waals surface area contributed by atoms with E-state index in [2.05, 4.69) is 5.32 Å². The van der Waals surface area contributed by atoms with Crippen molar-refractivity contribution in [3.8, 4) is 0 Å². The Kier molecular flexibility index (Phi) is 6.61. The van der Waals surface area contributed by atoms with Gasteiger partial charge in [0.25, 0.3) is 0 Å². The molecule has 2 rings (SSSR count). The fraction of sp³-hybridized carbons (Fsp3) is 0.278. The van der Waals surface area contributed by atoms with Crippen LogP contribution < -0.4 is 11.1 Å². The van der Waals surface area contributed by atoms with Crippen LogP contribution >= 0.6 is 0 Å². The molecule has 3 N–H and O–H groups in total. The molecule has 0 aliphatic heterocycles. The molecule has 1 amide bonds. The second kappa shape index (κ2) is 8.97. The van der Waals surface area contributed by atoms with Crippen LogP contribution in [-0.4, -0.2) is 12.5 Å². The van der Waals surface area contributed by atoms with Gasteiger partial charge in [0, 0.05) is 25.3 Å². The van der Waals surface area contributed by atoms with Crippen molar-refractivity contribution in [2.75, 3.05) is 11.9 Å². The van der Waals surface area contributed by atoms with Gasteiger partial charge in [-0.05, 0) is 23.6 Å². The Bertz CT molecular complexity index is 585. The number of carbonyl (C=O) groups excluding carboxylic acids is 1. The van der Waals surface area contributed by atoms with E-state index in [9.17, 15) is 4.79 Å². The van der Waals surface area contributed by atoms with Gasteiger partial charge in [0.15, 0.2) is 0 Å². The zero-order valence-electron chi connectivity index (χ0n) is 12.6. The van der Waals surface area contributed by atoms with E-state index in [1.807, 2.05) is 54.6 Å². The van der Waals surface area contributed by atoms with Gasteiger partial charge in [-0.1, -0.05) is 48.5 Å². The Balaban J connectivity index is 1.65. The molecule has 0 heterocycles. The topological polar surface area (TPSA) is 64.3 Å². The molecule has 116 valence electrons.